The van der Waals surface area contributed by atoms with Gasteiger partial charge in [-0.25, -0.2) is 0 Å². The lowest BCUT2D eigenvalue weighted by Gasteiger charge is -2.16. The van der Waals surface area contributed by atoms with E-state index in [-0.39, 0.29) is 32.0 Å². The van der Waals surface area contributed by atoms with Gasteiger partial charge in [0.15, 0.2) is 12.4 Å². The number of nitrogens with one attached hydrogen (secondary N) is 1. The van der Waals surface area contributed by atoms with E-state index in [4.69, 9.17) is 33.7 Å². The molecule has 0 saturated heterocycles. The van der Waals surface area contributed by atoms with Gasteiger partial charge in [-0.05, 0) is 36.2 Å². The molecule has 41 heavy (non-hydrogen) atoms. The van der Waals surface area contributed by atoms with Crippen LogP contribution in [0.1, 0.15) is 24.0 Å². The molecule has 2 aromatic carbocycles. The van der Waals surface area contributed by atoms with Gasteiger partial charge in [0, 0.05) is 54.8 Å². The number of amides is 2. The molecule has 0 bridgehead atoms. The highest BCUT2D eigenvalue weighted by Crippen LogP contribution is 2.37. The molecule has 4 N–H and O–H groups in total. The standard InChI is InChI=1S/C30H30Cl2N4O5/c31-25-11-10-22(17-26(25)32)36-19-24(21-8-4-13-35(40)18-21)23(12-14-37)30(36)41-15-5-9-28(38)34-27(29(33)39)16-20-6-2-1-3-7-20/h1-4,6-8,10-11,13,17-19,27,37H,5,9,12,14-16H2,(H2,33,39)(H,34,38)/t27-/m0/s1. The van der Waals surface area contributed by atoms with Crippen LogP contribution in [-0.4, -0.2) is 40.7 Å². The third-order valence-corrected chi connectivity index (χ3v) is 7.18. The fourth-order valence-corrected chi connectivity index (χ4v) is 4.76. The Morgan fingerprint density at radius 1 is 1.10 bits per heavy atom. The van der Waals surface area contributed by atoms with Crippen LogP contribution < -0.4 is 20.5 Å². The van der Waals surface area contributed by atoms with Gasteiger partial charge in [-0.15, -0.1) is 0 Å². The molecular formula is C30H30Cl2N4O5. The summed E-state index contributed by atoms with van der Waals surface area (Å²) >= 11 is 12.4. The summed E-state index contributed by atoms with van der Waals surface area (Å²) < 4.78 is 8.67. The van der Waals surface area contributed by atoms with Gasteiger partial charge >= 0.3 is 0 Å². The van der Waals surface area contributed by atoms with E-state index in [0.29, 0.717) is 55.9 Å². The topological polar surface area (TPSA) is 134 Å². The summed E-state index contributed by atoms with van der Waals surface area (Å²) in [5.41, 5.74) is 9.10. The van der Waals surface area contributed by atoms with Crippen molar-refractivity contribution in [2.24, 2.45) is 5.73 Å². The van der Waals surface area contributed by atoms with Crippen LogP contribution in [0.2, 0.25) is 10.0 Å². The van der Waals surface area contributed by atoms with Crippen LogP contribution in [0.4, 0.5) is 0 Å². The largest absolute Gasteiger partial charge is 0.619 e. The van der Waals surface area contributed by atoms with Gasteiger partial charge in [0.05, 0.1) is 22.3 Å². The molecule has 0 fully saturated rings. The maximum absolute atomic E-state index is 12.6. The number of nitrogens with zero attached hydrogens (tertiary/aromatic N) is 2. The third-order valence-electron chi connectivity index (χ3n) is 6.44. The molecule has 2 aromatic heterocycles. The van der Waals surface area contributed by atoms with Crippen molar-refractivity contribution in [3.8, 4) is 22.7 Å². The Hall–Kier alpha value is -4.05. The van der Waals surface area contributed by atoms with E-state index in [1.54, 1.807) is 34.9 Å². The second-order valence-corrected chi connectivity index (χ2v) is 10.2. The molecule has 4 aromatic rings. The number of hydrogen-bond acceptors (Lipinski definition) is 5. The Morgan fingerprint density at radius 2 is 1.88 bits per heavy atom. The molecule has 0 saturated carbocycles. The molecule has 0 aliphatic heterocycles. The highest BCUT2D eigenvalue weighted by atomic mass is 35.5. The predicted molar refractivity (Wildman–Crippen MR) is 157 cm³/mol. The molecule has 0 aliphatic carbocycles. The summed E-state index contributed by atoms with van der Waals surface area (Å²) in [5, 5.41) is 25.3. The number of aliphatic hydroxyl groups is 1. The fourth-order valence-electron chi connectivity index (χ4n) is 4.47. The minimum Gasteiger partial charge on any atom is -0.619 e. The van der Waals surface area contributed by atoms with E-state index in [1.165, 1.54) is 12.4 Å². The molecule has 9 nitrogen and oxygen atoms in total. The highest BCUT2D eigenvalue weighted by Gasteiger charge is 2.22. The summed E-state index contributed by atoms with van der Waals surface area (Å²) in [5.74, 6) is -0.499. The number of aromatic nitrogens is 2. The first-order valence-corrected chi connectivity index (χ1v) is 13.8. The molecule has 0 unspecified atom stereocenters. The number of rotatable bonds is 13. The van der Waals surface area contributed by atoms with Crippen molar-refractivity contribution in [3.05, 3.63) is 106 Å². The Kier molecular flexibility index (Phi) is 10.2. The van der Waals surface area contributed by atoms with Gasteiger partial charge in [0.25, 0.3) is 0 Å². The number of carbonyl (C=O) groups excluding carboxylic acids is 2. The number of ether oxygens (including phenoxy) is 1. The fraction of sp³-hybridized carbons (Fsp3) is 0.233. The molecule has 11 heteroatoms. The van der Waals surface area contributed by atoms with Crippen LogP contribution in [0.25, 0.3) is 16.8 Å². The smallest absolute Gasteiger partial charge is 0.240 e. The molecule has 0 aliphatic rings. The Labute approximate surface area is 247 Å². The number of benzene rings is 2. The van der Waals surface area contributed by atoms with E-state index in [0.717, 1.165) is 5.56 Å². The van der Waals surface area contributed by atoms with Crippen molar-refractivity contribution in [1.82, 2.24) is 9.88 Å². The Bertz CT molecular complexity index is 1510. The summed E-state index contributed by atoms with van der Waals surface area (Å²) in [6.07, 6.45) is 5.63. The molecule has 2 amide bonds. The van der Waals surface area contributed by atoms with Crippen molar-refractivity contribution >= 4 is 35.0 Å². The Morgan fingerprint density at radius 3 is 2.56 bits per heavy atom. The van der Waals surface area contributed by atoms with Crippen LogP contribution in [0, 0.1) is 5.21 Å². The molecule has 214 valence electrons. The van der Waals surface area contributed by atoms with Crippen molar-refractivity contribution < 1.29 is 24.2 Å². The van der Waals surface area contributed by atoms with Gasteiger partial charge in [-0.1, -0.05) is 53.5 Å². The van der Waals surface area contributed by atoms with E-state index in [9.17, 15) is 19.9 Å². The van der Waals surface area contributed by atoms with Crippen LogP contribution in [0.15, 0.2) is 79.3 Å². The zero-order valence-electron chi connectivity index (χ0n) is 22.1. The lowest BCUT2D eigenvalue weighted by Crippen LogP contribution is -2.45. The average Bonchev–Trinajstić information content (AvgIpc) is 3.31. The second kappa shape index (κ2) is 14.0. The first-order valence-electron chi connectivity index (χ1n) is 13.0. The zero-order chi connectivity index (χ0) is 29.4. The Balaban J connectivity index is 1.52. The lowest BCUT2D eigenvalue weighted by molar-refractivity contribution is -0.604. The van der Waals surface area contributed by atoms with Crippen molar-refractivity contribution in [2.45, 2.75) is 31.7 Å². The number of aliphatic hydroxyl groups excluding tert-OH is 1. The summed E-state index contributed by atoms with van der Waals surface area (Å²) in [7, 11) is 0. The monoisotopic (exact) mass is 596 g/mol. The van der Waals surface area contributed by atoms with Crippen LogP contribution >= 0.6 is 23.2 Å². The van der Waals surface area contributed by atoms with Gasteiger partial charge in [-0.2, -0.15) is 4.73 Å². The number of primary amides is 1. The van der Waals surface area contributed by atoms with Crippen LogP contribution in [-0.2, 0) is 22.4 Å². The zero-order valence-corrected chi connectivity index (χ0v) is 23.6. The number of halogens is 2. The van der Waals surface area contributed by atoms with E-state index in [2.05, 4.69) is 5.32 Å². The highest BCUT2D eigenvalue weighted by molar-refractivity contribution is 6.42. The van der Waals surface area contributed by atoms with Gasteiger partial charge in [0.1, 0.15) is 6.04 Å². The molecule has 0 radical (unpaired) electrons. The maximum atomic E-state index is 12.6. The number of pyridine rings is 1. The van der Waals surface area contributed by atoms with Crippen molar-refractivity contribution in [1.29, 1.82) is 0 Å². The average molecular weight is 597 g/mol. The molecule has 0 spiro atoms. The van der Waals surface area contributed by atoms with Gasteiger partial charge < -0.3 is 26.1 Å². The quantitative estimate of drug-likeness (QED) is 0.122. The van der Waals surface area contributed by atoms with Gasteiger partial charge in [-0.3, -0.25) is 14.2 Å². The van der Waals surface area contributed by atoms with E-state index < -0.39 is 11.9 Å². The van der Waals surface area contributed by atoms with Crippen LogP contribution in [0.5, 0.6) is 5.88 Å². The number of hydrogen-bond donors (Lipinski definition) is 3. The first kappa shape index (κ1) is 29.9. The van der Waals surface area contributed by atoms with E-state index in [1.807, 2.05) is 36.5 Å². The molecule has 4 rings (SSSR count). The molecule has 1 atom stereocenters. The minimum atomic E-state index is -0.828. The lowest BCUT2D eigenvalue weighted by atomic mass is 10.0. The van der Waals surface area contributed by atoms with Gasteiger partial charge in [0.2, 0.25) is 17.7 Å². The van der Waals surface area contributed by atoms with Crippen molar-refractivity contribution in [2.75, 3.05) is 13.2 Å². The molecule has 2 heterocycles. The second-order valence-electron chi connectivity index (χ2n) is 9.39. The minimum absolute atomic E-state index is 0.100. The van der Waals surface area contributed by atoms with Crippen LogP contribution in [0.3, 0.4) is 0 Å². The summed E-state index contributed by atoms with van der Waals surface area (Å²) in [6.45, 7) is 0.00414. The third kappa shape index (κ3) is 7.79. The van der Waals surface area contributed by atoms with E-state index >= 15 is 0 Å². The maximum Gasteiger partial charge on any atom is 0.240 e. The SMILES string of the molecule is NC(=O)[C@H](Cc1ccccc1)NC(=O)CCCOc1c(CCO)c(-c2ccc[n+]([O-])c2)cn1-c1ccc(Cl)c(Cl)c1. The summed E-state index contributed by atoms with van der Waals surface area (Å²) in [4.78, 5) is 24.6. The predicted octanol–water partition coefficient (Wildman–Crippen LogP) is 3.99. The first-order chi connectivity index (χ1) is 19.8. The normalized spacial score (nSPS) is 11.7. The number of nitrogens with two attached hydrogens (primary N) is 1. The molecular weight excluding hydrogens is 567 g/mol. The van der Waals surface area contributed by atoms with Crippen molar-refractivity contribution in [3.63, 3.8) is 0 Å². The number of carbonyl (C=O) groups is 2. The summed E-state index contributed by atoms with van der Waals surface area (Å²) in [6, 6.07) is 17.0.